The van der Waals surface area contributed by atoms with E-state index in [4.69, 9.17) is 5.26 Å². The first-order valence-corrected chi connectivity index (χ1v) is 6.49. The zero-order valence-electron chi connectivity index (χ0n) is 11.2. The number of aliphatic hydroxyl groups is 1. The highest BCUT2D eigenvalue weighted by Gasteiger charge is 2.52. The summed E-state index contributed by atoms with van der Waals surface area (Å²) >= 11 is 0. The molecule has 3 amide bonds. The van der Waals surface area contributed by atoms with Crippen molar-refractivity contribution in [3.63, 3.8) is 0 Å². The Morgan fingerprint density at radius 3 is 2.76 bits per heavy atom. The van der Waals surface area contributed by atoms with Crippen molar-refractivity contribution in [2.75, 3.05) is 11.4 Å². The summed E-state index contributed by atoms with van der Waals surface area (Å²) in [5.41, 5.74) is 0.0328. The van der Waals surface area contributed by atoms with E-state index in [0.717, 1.165) is 4.90 Å². The second-order valence-electron chi connectivity index (χ2n) is 5.13. The number of halogens is 1. The second-order valence-corrected chi connectivity index (χ2v) is 5.13. The highest BCUT2D eigenvalue weighted by atomic mass is 19.1. The standard InChI is InChI=1S/C14H12FN3O3/c1-7-9(3-2-8(6-16)11(7)15)18-13(20)12-10(19)4-5-17(12)14(18)21/h2-3,10,12,19H,4-5H2,1H3/t10-,12+/m1/s1. The van der Waals surface area contributed by atoms with Crippen LogP contribution in [0.2, 0.25) is 0 Å². The molecular formula is C14H12FN3O3. The minimum Gasteiger partial charge on any atom is -0.390 e. The lowest BCUT2D eigenvalue weighted by atomic mass is 10.1. The molecule has 1 N–H and O–H groups in total. The lowest BCUT2D eigenvalue weighted by Gasteiger charge is -2.18. The van der Waals surface area contributed by atoms with Crippen molar-refractivity contribution in [1.29, 1.82) is 5.26 Å². The Kier molecular flexibility index (Phi) is 2.92. The average Bonchev–Trinajstić information content (AvgIpc) is 2.95. The number of carbonyl (C=O) groups is 2. The molecular weight excluding hydrogens is 277 g/mol. The van der Waals surface area contributed by atoms with Crippen molar-refractivity contribution in [2.24, 2.45) is 0 Å². The molecule has 0 aromatic heterocycles. The molecule has 1 aromatic carbocycles. The number of hydrogen-bond donors (Lipinski definition) is 1. The molecule has 0 saturated carbocycles. The van der Waals surface area contributed by atoms with E-state index in [9.17, 15) is 19.1 Å². The fourth-order valence-corrected chi connectivity index (χ4v) is 2.87. The summed E-state index contributed by atoms with van der Waals surface area (Å²) in [6.45, 7) is 1.71. The van der Waals surface area contributed by atoms with Crippen LogP contribution >= 0.6 is 0 Å². The van der Waals surface area contributed by atoms with E-state index in [1.165, 1.54) is 24.0 Å². The van der Waals surface area contributed by atoms with Gasteiger partial charge in [0, 0.05) is 12.1 Å². The Labute approximate surface area is 120 Å². The third-order valence-electron chi connectivity index (χ3n) is 4.00. The van der Waals surface area contributed by atoms with Crippen molar-refractivity contribution in [3.05, 3.63) is 29.1 Å². The summed E-state index contributed by atoms with van der Waals surface area (Å²) in [5, 5.41) is 18.6. The number of anilines is 1. The SMILES string of the molecule is Cc1c(N2C(=O)[C@@H]3[C@H](O)CCN3C2=O)ccc(C#N)c1F. The molecule has 0 bridgehead atoms. The molecule has 2 aliphatic heterocycles. The lowest BCUT2D eigenvalue weighted by Crippen LogP contribution is -2.36. The van der Waals surface area contributed by atoms with Gasteiger partial charge in [0.25, 0.3) is 5.91 Å². The summed E-state index contributed by atoms with van der Waals surface area (Å²) in [5.74, 6) is -1.31. The van der Waals surface area contributed by atoms with Crippen LogP contribution in [-0.2, 0) is 4.79 Å². The minimum absolute atomic E-state index is 0.0615. The molecule has 0 unspecified atom stereocenters. The fraction of sp³-hybridized carbons (Fsp3) is 0.357. The molecule has 0 aliphatic carbocycles. The van der Waals surface area contributed by atoms with Crippen LogP contribution in [0.1, 0.15) is 17.5 Å². The number of hydrogen-bond acceptors (Lipinski definition) is 4. The highest BCUT2D eigenvalue weighted by Crippen LogP contribution is 2.34. The zero-order chi connectivity index (χ0) is 15.3. The maximum Gasteiger partial charge on any atom is 0.332 e. The van der Waals surface area contributed by atoms with E-state index in [1.807, 2.05) is 0 Å². The molecule has 2 heterocycles. The Hall–Kier alpha value is -2.46. The maximum absolute atomic E-state index is 14.0. The number of rotatable bonds is 1. The Balaban J connectivity index is 2.07. The number of fused-ring (bicyclic) bond motifs is 1. The van der Waals surface area contributed by atoms with Gasteiger partial charge < -0.3 is 10.0 Å². The van der Waals surface area contributed by atoms with E-state index in [-0.39, 0.29) is 16.8 Å². The van der Waals surface area contributed by atoms with Gasteiger partial charge in [-0.25, -0.2) is 14.1 Å². The quantitative estimate of drug-likeness (QED) is 0.779. The van der Waals surface area contributed by atoms with Gasteiger partial charge in [-0.2, -0.15) is 5.26 Å². The van der Waals surface area contributed by atoms with Gasteiger partial charge >= 0.3 is 6.03 Å². The number of imide groups is 1. The van der Waals surface area contributed by atoms with Gasteiger partial charge in [-0.3, -0.25) is 4.79 Å². The van der Waals surface area contributed by atoms with E-state index in [2.05, 4.69) is 0 Å². The monoisotopic (exact) mass is 289 g/mol. The number of aliphatic hydroxyl groups excluding tert-OH is 1. The average molecular weight is 289 g/mol. The molecule has 7 heteroatoms. The summed E-state index contributed by atoms with van der Waals surface area (Å²) in [4.78, 5) is 26.8. The number of amides is 3. The molecule has 21 heavy (non-hydrogen) atoms. The third kappa shape index (κ3) is 1.73. The van der Waals surface area contributed by atoms with Crippen molar-refractivity contribution < 1.29 is 19.1 Å². The van der Waals surface area contributed by atoms with Crippen molar-refractivity contribution in [1.82, 2.24) is 4.90 Å². The smallest absolute Gasteiger partial charge is 0.332 e. The normalized spacial score (nSPS) is 24.5. The zero-order valence-corrected chi connectivity index (χ0v) is 11.2. The molecule has 0 radical (unpaired) electrons. The predicted molar refractivity (Wildman–Crippen MR) is 69.9 cm³/mol. The third-order valence-corrected chi connectivity index (χ3v) is 4.00. The van der Waals surface area contributed by atoms with Gasteiger partial charge in [0.15, 0.2) is 0 Å². The number of benzene rings is 1. The van der Waals surface area contributed by atoms with Crippen LogP contribution in [0.4, 0.5) is 14.9 Å². The molecule has 0 spiro atoms. The predicted octanol–water partition coefficient (Wildman–Crippen LogP) is 0.908. The first kappa shape index (κ1) is 13.5. The van der Waals surface area contributed by atoms with Crippen LogP contribution in [0.25, 0.3) is 0 Å². The lowest BCUT2D eigenvalue weighted by molar-refractivity contribution is -0.121. The molecule has 2 saturated heterocycles. The largest absolute Gasteiger partial charge is 0.390 e. The van der Waals surface area contributed by atoms with Crippen molar-refractivity contribution >= 4 is 17.6 Å². The number of nitriles is 1. The Bertz CT molecular complexity index is 697. The first-order chi connectivity index (χ1) is 9.97. The molecule has 6 nitrogen and oxygen atoms in total. The summed E-state index contributed by atoms with van der Waals surface area (Å²) < 4.78 is 14.0. The van der Waals surface area contributed by atoms with Crippen LogP contribution in [0.3, 0.4) is 0 Å². The molecule has 2 fully saturated rings. The summed E-state index contributed by atoms with van der Waals surface area (Å²) in [7, 11) is 0. The van der Waals surface area contributed by atoms with E-state index >= 15 is 0 Å². The molecule has 108 valence electrons. The molecule has 3 rings (SSSR count). The van der Waals surface area contributed by atoms with Crippen LogP contribution < -0.4 is 4.90 Å². The van der Waals surface area contributed by atoms with Crippen molar-refractivity contribution in [2.45, 2.75) is 25.5 Å². The van der Waals surface area contributed by atoms with Crippen LogP contribution in [0, 0.1) is 24.1 Å². The summed E-state index contributed by atoms with van der Waals surface area (Å²) in [6.07, 6.45) is -0.536. The summed E-state index contributed by atoms with van der Waals surface area (Å²) in [6, 6.07) is 2.87. The minimum atomic E-state index is -0.894. The Morgan fingerprint density at radius 1 is 1.43 bits per heavy atom. The van der Waals surface area contributed by atoms with Gasteiger partial charge in [0.2, 0.25) is 0 Å². The van der Waals surface area contributed by atoms with Gasteiger partial charge in [0.05, 0.1) is 17.4 Å². The van der Waals surface area contributed by atoms with Crippen LogP contribution in [0.15, 0.2) is 12.1 Å². The van der Waals surface area contributed by atoms with E-state index in [1.54, 1.807) is 6.07 Å². The van der Waals surface area contributed by atoms with Crippen LogP contribution in [-0.4, -0.2) is 40.6 Å². The van der Waals surface area contributed by atoms with Gasteiger partial charge in [-0.05, 0) is 25.5 Å². The van der Waals surface area contributed by atoms with Gasteiger partial charge in [-0.15, -0.1) is 0 Å². The van der Waals surface area contributed by atoms with Crippen molar-refractivity contribution in [3.8, 4) is 6.07 Å². The molecule has 1 aromatic rings. The Morgan fingerprint density at radius 2 is 2.14 bits per heavy atom. The van der Waals surface area contributed by atoms with E-state index in [0.29, 0.717) is 13.0 Å². The van der Waals surface area contributed by atoms with Crippen LogP contribution in [0.5, 0.6) is 0 Å². The highest BCUT2D eigenvalue weighted by molar-refractivity contribution is 6.22. The first-order valence-electron chi connectivity index (χ1n) is 6.49. The van der Waals surface area contributed by atoms with Gasteiger partial charge in [0.1, 0.15) is 17.9 Å². The molecule has 2 atom stereocenters. The van der Waals surface area contributed by atoms with Gasteiger partial charge in [-0.1, -0.05) is 0 Å². The number of nitrogens with zero attached hydrogens (tertiary/aromatic N) is 3. The topological polar surface area (TPSA) is 84.6 Å². The molecule has 2 aliphatic rings. The second kappa shape index (κ2) is 4.53. The fourth-order valence-electron chi connectivity index (χ4n) is 2.87. The number of carbonyl (C=O) groups excluding carboxylic acids is 2. The maximum atomic E-state index is 14.0. The number of urea groups is 1. The van der Waals surface area contributed by atoms with E-state index < -0.39 is 29.9 Å².